The van der Waals surface area contributed by atoms with E-state index < -0.39 is 0 Å². The molecule has 4 heterocycles. The van der Waals surface area contributed by atoms with E-state index in [0.29, 0.717) is 12.3 Å². The number of rotatable bonds is 5. The van der Waals surface area contributed by atoms with E-state index >= 15 is 0 Å². The molecule has 10 heteroatoms. The number of thioether (sulfide) groups is 1. The lowest BCUT2D eigenvalue weighted by Crippen LogP contribution is -2.32. The second kappa shape index (κ2) is 8.35. The van der Waals surface area contributed by atoms with E-state index in [1.165, 1.54) is 23.5 Å². The molecule has 34 heavy (non-hydrogen) atoms. The minimum atomic E-state index is -0.274. The van der Waals surface area contributed by atoms with Gasteiger partial charge >= 0.3 is 0 Å². The molecular weight excluding hydrogens is 473 g/mol. The Morgan fingerprint density at radius 3 is 2.85 bits per heavy atom. The number of halogens is 1. The maximum Gasteiger partial charge on any atom is 0.257 e. The van der Waals surface area contributed by atoms with Crippen molar-refractivity contribution in [1.82, 2.24) is 24.3 Å². The van der Waals surface area contributed by atoms with Crippen LogP contribution in [-0.2, 0) is 24.2 Å². The highest BCUT2D eigenvalue weighted by Crippen LogP contribution is 2.34. The second-order valence-electron chi connectivity index (χ2n) is 8.69. The monoisotopic (exact) mass is 495 g/mol. The van der Waals surface area contributed by atoms with Crippen molar-refractivity contribution in [3.63, 3.8) is 0 Å². The number of carbonyl (C=O) groups excluding carboxylic acids is 1. The van der Waals surface area contributed by atoms with E-state index in [0.717, 1.165) is 62.5 Å². The summed E-state index contributed by atoms with van der Waals surface area (Å²) in [6, 6.07) is 6.12. The highest BCUT2D eigenvalue weighted by Gasteiger charge is 2.31. The van der Waals surface area contributed by atoms with Crippen LogP contribution in [0.3, 0.4) is 0 Å². The highest BCUT2D eigenvalue weighted by atomic mass is 32.2. The summed E-state index contributed by atoms with van der Waals surface area (Å²) in [5, 5.41) is 3.76. The third kappa shape index (κ3) is 3.65. The zero-order valence-corrected chi connectivity index (χ0v) is 20.1. The summed E-state index contributed by atoms with van der Waals surface area (Å²) in [7, 11) is 0. The van der Waals surface area contributed by atoms with Crippen molar-refractivity contribution in [2.24, 2.45) is 0 Å². The Hall–Kier alpha value is -2.98. The molecule has 1 unspecified atom stereocenters. The van der Waals surface area contributed by atoms with Crippen LogP contribution in [0.2, 0.25) is 0 Å². The van der Waals surface area contributed by atoms with Crippen LogP contribution < -0.4 is 10.9 Å². The normalized spacial score (nSPS) is 16.7. The fourth-order valence-corrected chi connectivity index (χ4v) is 6.88. The van der Waals surface area contributed by atoms with Crippen LogP contribution in [0.25, 0.3) is 16.2 Å². The van der Waals surface area contributed by atoms with Gasteiger partial charge in [-0.2, -0.15) is 0 Å². The maximum absolute atomic E-state index is 13.2. The van der Waals surface area contributed by atoms with Gasteiger partial charge in [-0.1, -0.05) is 23.1 Å². The van der Waals surface area contributed by atoms with E-state index in [2.05, 4.69) is 15.3 Å². The standard InChI is InChI=1S/C24H22FN5O2S2/c1-13-20(34-23-28-19(11-29(13)23)14-5-7-15(25)8-6-14)10-26-21(31)9-16-12-33-24-27-18-4-2-3-17(18)22(32)30(16)24/h5-8,11,16H,2-4,9-10,12H2,1H3,(H,26,31). The van der Waals surface area contributed by atoms with Gasteiger partial charge in [0.2, 0.25) is 5.91 Å². The summed E-state index contributed by atoms with van der Waals surface area (Å²) in [5.74, 6) is 0.336. The van der Waals surface area contributed by atoms with Gasteiger partial charge in [0, 0.05) is 40.1 Å². The molecule has 0 saturated heterocycles. The van der Waals surface area contributed by atoms with Gasteiger partial charge in [-0.05, 0) is 50.5 Å². The SMILES string of the molecule is Cc1c(CNC(=O)CC2CSc3nc4c(c(=O)n32)CCC4)sc2nc(-c3ccc(F)cc3)cn12. The van der Waals surface area contributed by atoms with Gasteiger partial charge < -0.3 is 5.32 Å². The molecule has 174 valence electrons. The lowest BCUT2D eigenvalue weighted by Gasteiger charge is -2.14. The van der Waals surface area contributed by atoms with Gasteiger partial charge in [-0.25, -0.2) is 14.4 Å². The Labute approximate surface area is 203 Å². The highest BCUT2D eigenvalue weighted by molar-refractivity contribution is 7.99. The van der Waals surface area contributed by atoms with E-state index in [1.807, 2.05) is 17.5 Å². The first kappa shape index (κ1) is 21.5. The molecule has 0 spiro atoms. The molecule has 4 aromatic rings. The van der Waals surface area contributed by atoms with Crippen molar-refractivity contribution in [3.05, 3.63) is 68.5 Å². The zero-order chi connectivity index (χ0) is 23.4. The maximum atomic E-state index is 13.2. The molecule has 6 rings (SSSR count). The van der Waals surface area contributed by atoms with Gasteiger partial charge in [-0.3, -0.25) is 18.6 Å². The van der Waals surface area contributed by atoms with Crippen molar-refractivity contribution in [2.75, 3.05) is 5.75 Å². The number of benzene rings is 1. The third-order valence-electron chi connectivity index (χ3n) is 6.53. The lowest BCUT2D eigenvalue weighted by molar-refractivity contribution is -0.121. The van der Waals surface area contributed by atoms with Crippen LogP contribution in [0, 0.1) is 12.7 Å². The van der Waals surface area contributed by atoms with Crippen LogP contribution >= 0.6 is 23.1 Å². The predicted octanol–water partition coefficient (Wildman–Crippen LogP) is 3.91. The number of nitrogens with zero attached hydrogens (tertiary/aromatic N) is 4. The first-order valence-corrected chi connectivity index (χ1v) is 13.0. The minimum absolute atomic E-state index is 0.0348. The van der Waals surface area contributed by atoms with Crippen LogP contribution in [0.15, 0.2) is 40.4 Å². The predicted molar refractivity (Wildman–Crippen MR) is 130 cm³/mol. The second-order valence-corrected chi connectivity index (χ2v) is 10.7. The molecule has 1 atom stereocenters. The molecule has 7 nitrogen and oxygen atoms in total. The lowest BCUT2D eigenvalue weighted by atomic mass is 10.2. The molecule has 2 aliphatic rings. The summed E-state index contributed by atoms with van der Waals surface area (Å²) in [6.45, 7) is 2.41. The largest absolute Gasteiger partial charge is 0.351 e. The number of nitrogens with one attached hydrogen (secondary N) is 1. The molecule has 0 saturated carbocycles. The number of imidazole rings is 1. The topological polar surface area (TPSA) is 81.3 Å². The Balaban J connectivity index is 1.14. The van der Waals surface area contributed by atoms with Crippen molar-refractivity contribution < 1.29 is 9.18 Å². The number of hydrogen-bond donors (Lipinski definition) is 1. The van der Waals surface area contributed by atoms with Crippen molar-refractivity contribution in [1.29, 1.82) is 0 Å². The molecule has 1 amide bonds. The molecule has 1 aromatic carbocycles. The smallest absolute Gasteiger partial charge is 0.257 e. The number of carbonyl (C=O) groups is 1. The number of hydrogen-bond acceptors (Lipinski definition) is 6. The fraction of sp³-hybridized carbons (Fsp3) is 0.333. The van der Waals surface area contributed by atoms with E-state index in [1.54, 1.807) is 28.5 Å². The van der Waals surface area contributed by atoms with Crippen LogP contribution in [0.1, 0.15) is 40.7 Å². The molecule has 0 fully saturated rings. The zero-order valence-electron chi connectivity index (χ0n) is 18.5. The van der Waals surface area contributed by atoms with Crippen LogP contribution in [0.5, 0.6) is 0 Å². The number of amides is 1. The van der Waals surface area contributed by atoms with Crippen molar-refractivity contribution >= 4 is 34.0 Å². The van der Waals surface area contributed by atoms with Gasteiger partial charge in [0.1, 0.15) is 5.82 Å². The summed E-state index contributed by atoms with van der Waals surface area (Å²) in [6.07, 6.45) is 4.83. The third-order valence-corrected chi connectivity index (χ3v) is 8.79. The Morgan fingerprint density at radius 2 is 2.06 bits per heavy atom. The summed E-state index contributed by atoms with van der Waals surface area (Å²) in [5.41, 5.74) is 4.46. The van der Waals surface area contributed by atoms with Gasteiger partial charge in [-0.15, -0.1) is 0 Å². The quantitative estimate of drug-likeness (QED) is 0.425. The van der Waals surface area contributed by atoms with Gasteiger partial charge in [0.05, 0.1) is 24.0 Å². The first-order chi connectivity index (χ1) is 16.5. The Bertz CT molecular complexity index is 1490. The fourth-order valence-electron chi connectivity index (χ4n) is 4.69. The number of aromatic nitrogens is 4. The van der Waals surface area contributed by atoms with E-state index in [-0.39, 0.29) is 29.7 Å². The van der Waals surface area contributed by atoms with E-state index in [9.17, 15) is 14.0 Å². The molecule has 1 aliphatic heterocycles. The van der Waals surface area contributed by atoms with Crippen molar-refractivity contribution in [3.8, 4) is 11.3 Å². The number of fused-ring (bicyclic) bond motifs is 3. The van der Waals surface area contributed by atoms with E-state index in [4.69, 9.17) is 0 Å². The average Bonchev–Trinajstić information content (AvgIpc) is 3.59. The number of thiazole rings is 1. The Morgan fingerprint density at radius 1 is 1.24 bits per heavy atom. The average molecular weight is 496 g/mol. The molecule has 0 bridgehead atoms. The summed E-state index contributed by atoms with van der Waals surface area (Å²) in [4.78, 5) is 36.9. The van der Waals surface area contributed by atoms with Gasteiger partial charge in [0.25, 0.3) is 5.56 Å². The first-order valence-electron chi connectivity index (χ1n) is 11.2. The summed E-state index contributed by atoms with van der Waals surface area (Å²) < 4.78 is 16.9. The summed E-state index contributed by atoms with van der Waals surface area (Å²) >= 11 is 3.09. The van der Waals surface area contributed by atoms with Crippen molar-refractivity contribution in [2.45, 2.75) is 50.4 Å². The molecule has 1 aliphatic carbocycles. The van der Waals surface area contributed by atoms with Crippen LogP contribution in [0.4, 0.5) is 4.39 Å². The van der Waals surface area contributed by atoms with Gasteiger partial charge in [0.15, 0.2) is 10.1 Å². The Kier molecular flexibility index (Phi) is 5.29. The number of aryl methyl sites for hydroxylation is 2. The van der Waals surface area contributed by atoms with Crippen LogP contribution in [-0.4, -0.2) is 30.6 Å². The minimum Gasteiger partial charge on any atom is -0.351 e. The molecule has 3 aromatic heterocycles. The molecule has 0 radical (unpaired) electrons. The molecule has 1 N–H and O–H groups in total. The molecular formula is C24H22FN5O2S2.